The van der Waals surface area contributed by atoms with Gasteiger partial charge in [-0.1, -0.05) is 19.4 Å². The molecule has 0 bridgehead atoms. The van der Waals surface area contributed by atoms with Crippen LogP contribution in [0.5, 0.6) is 0 Å². The third-order valence-electron chi connectivity index (χ3n) is 2.80. The normalized spacial score (nSPS) is 33.7. The molecular weight excluding hydrogens is 120 g/mol. The van der Waals surface area contributed by atoms with E-state index >= 15 is 0 Å². The van der Waals surface area contributed by atoms with Gasteiger partial charge < -0.3 is 0 Å². The lowest BCUT2D eigenvalue weighted by molar-refractivity contribution is 0.304. The van der Waals surface area contributed by atoms with E-state index in [9.17, 15) is 0 Å². The third kappa shape index (κ3) is 1.86. The highest BCUT2D eigenvalue weighted by Gasteiger charge is 2.16. The zero-order valence-corrected chi connectivity index (χ0v) is 6.97. The molecule has 0 nitrogen and oxygen atoms in total. The van der Waals surface area contributed by atoms with Crippen LogP contribution >= 0.6 is 0 Å². The summed E-state index contributed by atoms with van der Waals surface area (Å²) in [5.41, 5.74) is 0. The fourth-order valence-electron chi connectivity index (χ4n) is 1.83. The van der Waals surface area contributed by atoms with Crippen molar-refractivity contribution in [2.45, 2.75) is 39.0 Å². The highest BCUT2D eigenvalue weighted by atomic mass is 14.2. The van der Waals surface area contributed by atoms with E-state index in [1.807, 2.05) is 0 Å². The van der Waals surface area contributed by atoms with Gasteiger partial charge >= 0.3 is 0 Å². The van der Waals surface area contributed by atoms with Gasteiger partial charge in [0, 0.05) is 0 Å². The molecule has 0 saturated heterocycles. The number of hydrogen-bond donors (Lipinski definition) is 0. The molecule has 1 rings (SSSR count). The molecule has 1 aliphatic rings. The Kier molecular flexibility index (Phi) is 2.98. The lowest BCUT2D eigenvalue weighted by atomic mass is 9.81. The predicted molar refractivity (Wildman–Crippen MR) is 45.9 cm³/mol. The first-order valence-electron chi connectivity index (χ1n) is 4.49. The van der Waals surface area contributed by atoms with Crippen molar-refractivity contribution in [3.05, 3.63) is 12.7 Å². The van der Waals surface area contributed by atoms with E-state index in [0.717, 1.165) is 11.8 Å². The molecule has 0 heteroatoms. The molecule has 0 aliphatic heterocycles. The first kappa shape index (κ1) is 7.84. The number of rotatable bonds is 2. The van der Waals surface area contributed by atoms with Crippen LogP contribution in [0.25, 0.3) is 0 Å². The summed E-state index contributed by atoms with van der Waals surface area (Å²) in [6, 6.07) is 0. The molecule has 0 amide bonds. The van der Waals surface area contributed by atoms with Crippen LogP contribution in [-0.4, -0.2) is 0 Å². The van der Waals surface area contributed by atoms with E-state index in [2.05, 4.69) is 19.6 Å². The van der Waals surface area contributed by atoms with Crippen LogP contribution in [-0.2, 0) is 0 Å². The topological polar surface area (TPSA) is 0 Å². The fraction of sp³-hybridized carbons (Fsp3) is 0.800. The van der Waals surface area contributed by atoms with E-state index < -0.39 is 0 Å². The Bertz CT molecular complexity index is 96.6. The lowest BCUT2D eigenvalue weighted by Crippen LogP contribution is -2.11. The first-order valence-corrected chi connectivity index (χ1v) is 4.49. The molecule has 0 aromatic carbocycles. The van der Waals surface area contributed by atoms with Crippen LogP contribution in [0.3, 0.4) is 0 Å². The zero-order chi connectivity index (χ0) is 7.40. The van der Waals surface area contributed by atoms with E-state index in [-0.39, 0.29) is 0 Å². The van der Waals surface area contributed by atoms with Gasteiger partial charge in [-0.2, -0.15) is 0 Å². The predicted octanol–water partition coefficient (Wildman–Crippen LogP) is 3.39. The Labute approximate surface area is 64.3 Å². The summed E-state index contributed by atoms with van der Waals surface area (Å²) in [5, 5.41) is 0. The highest BCUT2D eigenvalue weighted by Crippen LogP contribution is 2.30. The van der Waals surface area contributed by atoms with Crippen molar-refractivity contribution in [2.75, 3.05) is 0 Å². The lowest BCUT2D eigenvalue weighted by Gasteiger charge is -2.25. The van der Waals surface area contributed by atoms with Crippen molar-refractivity contribution >= 4 is 0 Å². The first-order chi connectivity index (χ1) is 4.86. The Morgan fingerprint density at radius 2 is 1.90 bits per heavy atom. The molecule has 10 heavy (non-hydrogen) atoms. The summed E-state index contributed by atoms with van der Waals surface area (Å²) < 4.78 is 0. The summed E-state index contributed by atoms with van der Waals surface area (Å²) in [6.07, 6.45) is 9.17. The molecule has 0 spiro atoms. The quantitative estimate of drug-likeness (QED) is 0.513. The zero-order valence-electron chi connectivity index (χ0n) is 6.97. The minimum atomic E-state index is 0.836. The molecule has 58 valence electrons. The van der Waals surface area contributed by atoms with Crippen LogP contribution in [0.1, 0.15) is 39.0 Å². The molecule has 0 radical (unpaired) electrons. The minimum Gasteiger partial charge on any atom is -0.103 e. The van der Waals surface area contributed by atoms with Gasteiger partial charge in [-0.25, -0.2) is 0 Å². The van der Waals surface area contributed by atoms with Crippen molar-refractivity contribution < 1.29 is 0 Å². The summed E-state index contributed by atoms with van der Waals surface area (Å²) in [5.74, 6) is 1.86. The van der Waals surface area contributed by atoms with Crippen LogP contribution in [0.4, 0.5) is 0 Å². The summed E-state index contributed by atoms with van der Waals surface area (Å²) in [7, 11) is 0. The van der Waals surface area contributed by atoms with E-state index in [1.165, 1.54) is 32.1 Å². The van der Waals surface area contributed by atoms with Gasteiger partial charge in [0.05, 0.1) is 0 Å². The molecule has 0 unspecified atom stereocenters. The van der Waals surface area contributed by atoms with Crippen molar-refractivity contribution in [1.82, 2.24) is 0 Å². The SMILES string of the molecule is C=CC1CCC(CC)CC1. The largest absolute Gasteiger partial charge is 0.103 e. The van der Waals surface area contributed by atoms with E-state index in [0.29, 0.717) is 0 Å². The molecule has 0 aromatic heterocycles. The number of hydrogen-bond acceptors (Lipinski definition) is 0. The van der Waals surface area contributed by atoms with E-state index in [4.69, 9.17) is 0 Å². The maximum atomic E-state index is 3.84. The second-order valence-corrected chi connectivity index (χ2v) is 3.42. The second-order valence-electron chi connectivity index (χ2n) is 3.42. The van der Waals surface area contributed by atoms with Gasteiger partial charge in [0.1, 0.15) is 0 Å². The van der Waals surface area contributed by atoms with E-state index in [1.54, 1.807) is 0 Å². The summed E-state index contributed by atoms with van der Waals surface area (Å²) in [4.78, 5) is 0. The third-order valence-corrected chi connectivity index (χ3v) is 2.80. The summed E-state index contributed by atoms with van der Waals surface area (Å²) >= 11 is 0. The van der Waals surface area contributed by atoms with Crippen molar-refractivity contribution in [3.63, 3.8) is 0 Å². The van der Waals surface area contributed by atoms with Crippen LogP contribution < -0.4 is 0 Å². The number of allylic oxidation sites excluding steroid dienone is 1. The standard InChI is InChI=1S/C10H18/c1-3-9-5-7-10(4-2)8-6-9/h3,9-10H,1,4-8H2,2H3. The molecule has 0 aromatic rings. The Morgan fingerprint density at radius 3 is 2.30 bits per heavy atom. The smallest absolute Gasteiger partial charge is 0.0236 e. The van der Waals surface area contributed by atoms with Crippen molar-refractivity contribution in [3.8, 4) is 0 Å². The van der Waals surface area contributed by atoms with Gasteiger partial charge in [-0.3, -0.25) is 0 Å². The molecule has 0 atom stereocenters. The maximum Gasteiger partial charge on any atom is -0.0236 e. The molecule has 1 aliphatic carbocycles. The fourth-order valence-corrected chi connectivity index (χ4v) is 1.83. The Balaban J connectivity index is 2.23. The second kappa shape index (κ2) is 3.80. The van der Waals surface area contributed by atoms with Gasteiger partial charge in [-0.15, -0.1) is 6.58 Å². The monoisotopic (exact) mass is 138 g/mol. The van der Waals surface area contributed by atoms with Crippen molar-refractivity contribution in [1.29, 1.82) is 0 Å². The average molecular weight is 138 g/mol. The molecule has 0 heterocycles. The van der Waals surface area contributed by atoms with Gasteiger partial charge in [0.15, 0.2) is 0 Å². The van der Waals surface area contributed by atoms with Crippen LogP contribution in [0, 0.1) is 11.8 Å². The minimum absolute atomic E-state index is 0.836. The van der Waals surface area contributed by atoms with Gasteiger partial charge in [0.25, 0.3) is 0 Å². The maximum absolute atomic E-state index is 3.84. The molecule has 1 fully saturated rings. The molecular formula is C10H18. The van der Waals surface area contributed by atoms with Gasteiger partial charge in [0.2, 0.25) is 0 Å². The Hall–Kier alpha value is -0.260. The Morgan fingerprint density at radius 1 is 1.30 bits per heavy atom. The highest BCUT2D eigenvalue weighted by molar-refractivity contribution is 4.83. The van der Waals surface area contributed by atoms with Crippen LogP contribution in [0.2, 0.25) is 0 Å². The van der Waals surface area contributed by atoms with Gasteiger partial charge in [-0.05, 0) is 37.5 Å². The molecule has 0 N–H and O–H groups in total. The average Bonchev–Trinajstić information content (AvgIpc) is 2.05. The van der Waals surface area contributed by atoms with Crippen molar-refractivity contribution in [2.24, 2.45) is 11.8 Å². The van der Waals surface area contributed by atoms with Crippen LogP contribution in [0.15, 0.2) is 12.7 Å². The summed E-state index contributed by atoms with van der Waals surface area (Å²) in [6.45, 7) is 6.14. The molecule has 1 saturated carbocycles.